The summed E-state index contributed by atoms with van der Waals surface area (Å²) in [6.45, 7) is 6.03. The Morgan fingerprint density at radius 3 is 2.30 bits per heavy atom. The Morgan fingerprint density at radius 1 is 1.17 bits per heavy atom. The zero-order valence-electron chi connectivity index (χ0n) is 18.0. The summed E-state index contributed by atoms with van der Waals surface area (Å²) in [4.78, 5) is 37.2. The number of rotatable bonds is 6. The lowest BCUT2D eigenvalue weighted by molar-refractivity contribution is -0.274. The van der Waals surface area contributed by atoms with Crippen LogP contribution in [-0.2, 0) is 39.0 Å². The van der Waals surface area contributed by atoms with E-state index in [0.29, 0.717) is 5.56 Å². The van der Waals surface area contributed by atoms with E-state index in [1.165, 1.54) is 21.1 Å². The van der Waals surface area contributed by atoms with E-state index in [1.807, 2.05) is 0 Å². The Kier molecular flexibility index (Phi) is 7.40. The summed E-state index contributed by atoms with van der Waals surface area (Å²) < 4.78 is 26.6. The van der Waals surface area contributed by atoms with E-state index in [1.54, 1.807) is 51.1 Å². The molecule has 1 saturated heterocycles. The van der Waals surface area contributed by atoms with Gasteiger partial charge in [0.15, 0.2) is 6.10 Å². The lowest BCUT2D eigenvalue weighted by Crippen LogP contribution is -2.68. The van der Waals surface area contributed by atoms with Gasteiger partial charge in [0.1, 0.15) is 12.1 Å². The van der Waals surface area contributed by atoms with E-state index in [-0.39, 0.29) is 0 Å². The Morgan fingerprint density at radius 2 is 1.77 bits per heavy atom. The minimum atomic E-state index is -1.66. The molecule has 0 aromatic heterocycles. The number of nitrogens with one attached hydrogen (secondary N) is 1. The van der Waals surface area contributed by atoms with Crippen LogP contribution in [-0.4, -0.2) is 61.8 Å². The maximum Gasteiger partial charge on any atom is 0.425 e. The number of nitrogens with zero attached hydrogens (tertiary/aromatic N) is 1. The van der Waals surface area contributed by atoms with Gasteiger partial charge in [-0.2, -0.15) is 5.43 Å². The second kappa shape index (κ2) is 9.41. The van der Waals surface area contributed by atoms with Crippen LogP contribution in [0.2, 0.25) is 0 Å². The van der Waals surface area contributed by atoms with Gasteiger partial charge >= 0.3 is 18.0 Å². The van der Waals surface area contributed by atoms with Crippen LogP contribution in [0.3, 0.4) is 0 Å². The van der Waals surface area contributed by atoms with Crippen molar-refractivity contribution in [2.24, 2.45) is 0 Å². The van der Waals surface area contributed by atoms with Crippen LogP contribution in [0.5, 0.6) is 0 Å². The first kappa shape index (κ1) is 23.6. The SMILES string of the molecule is COC(OC)C1(c2ccccc2)NN(C(=O)OC(C)C(=O)OC(C)(C)C)CC(=O)O1. The van der Waals surface area contributed by atoms with Crippen molar-refractivity contribution in [3.05, 3.63) is 35.9 Å². The molecule has 1 fully saturated rings. The van der Waals surface area contributed by atoms with E-state index < -0.39 is 48.3 Å². The molecule has 1 aromatic carbocycles. The average molecular weight is 424 g/mol. The maximum absolute atomic E-state index is 12.7. The number of hydrogen-bond acceptors (Lipinski definition) is 9. The number of amides is 1. The molecule has 1 aliphatic rings. The molecule has 0 radical (unpaired) electrons. The van der Waals surface area contributed by atoms with Crippen LogP contribution in [0.15, 0.2) is 30.3 Å². The van der Waals surface area contributed by atoms with Gasteiger partial charge in [0.25, 0.3) is 5.72 Å². The van der Waals surface area contributed by atoms with Crippen molar-refractivity contribution in [2.45, 2.75) is 51.4 Å². The molecule has 1 aliphatic heterocycles. The molecule has 1 N–H and O–H groups in total. The third-order valence-corrected chi connectivity index (χ3v) is 4.06. The molecule has 2 unspecified atom stereocenters. The number of carbonyl (C=O) groups excluding carboxylic acids is 3. The number of hydrogen-bond donors (Lipinski definition) is 1. The second-order valence-corrected chi connectivity index (χ2v) is 7.64. The van der Waals surface area contributed by atoms with Crippen LogP contribution < -0.4 is 5.43 Å². The van der Waals surface area contributed by atoms with Crippen molar-refractivity contribution in [2.75, 3.05) is 20.8 Å². The standard InChI is InChI=1S/C20H28N2O8/c1-13(16(24)30-19(2,3)4)28-18(25)22-12-15(23)29-20(21-22,17(26-5)27-6)14-10-8-7-9-11-14/h7-11,13,17,21H,12H2,1-6H3. The summed E-state index contributed by atoms with van der Waals surface area (Å²) in [6, 6.07) is 8.62. The number of benzene rings is 1. The van der Waals surface area contributed by atoms with Gasteiger partial charge < -0.3 is 23.7 Å². The zero-order chi connectivity index (χ0) is 22.5. The predicted molar refractivity (Wildman–Crippen MR) is 104 cm³/mol. The lowest BCUT2D eigenvalue weighted by atomic mass is 10.0. The molecule has 1 heterocycles. The van der Waals surface area contributed by atoms with E-state index in [0.717, 1.165) is 5.01 Å². The lowest BCUT2D eigenvalue weighted by Gasteiger charge is -2.45. The third-order valence-electron chi connectivity index (χ3n) is 4.06. The molecule has 1 amide bonds. The molecule has 10 nitrogen and oxygen atoms in total. The van der Waals surface area contributed by atoms with Crippen molar-refractivity contribution in [1.29, 1.82) is 0 Å². The molecule has 166 valence electrons. The molecule has 30 heavy (non-hydrogen) atoms. The fraction of sp³-hybridized carbons (Fsp3) is 0.550. The first-order valence-corrected chi connectivity index (χ1v) is 9.34. The van der Waals surface area contributed by atoms with Crippen molar-refractivity contribution in [3.8, 4) is 0 Å². The number of ether oxygens (including phenoxy) is 5. The minimum absolute atomic E-state index is 0.450. The van der Waals surface area contributed by atoms with Crippen LogP contribution in [0, 0.1) is 0 Å². The minimum Gasteiger partial charge on any atom is -0.457 e. The van der Waals surface area contributed by atoms with Crippen LogP contribution in [0.4, 0.5) is 4.79 Å². The molecular weight excluding hydrogens is 396 g/mol. The fourth-order valence-electron chi connectivity index (χ4n) is 2.84. The molecule has 2 atom stereocenters. The summed E-state index contributed by atoms with van der Waals surface area (Å²) in [7, 11) is 2.74. The van der Waals surface area contributed by atoms with Crippen LogP contribution in [0.1, 0.15) is 33.3 Å². The highest BCUT2D eigenvalue weighted by atomic mass is 16.7. The summed E-state index contributed by atoms with van der Waals surface area (Å²) in [5.74, 6) is -1.44. The molecule has 0 saturated carbocycles. The number of hydrazine groups is 1. The zero-order valence-corrected chi connectivity index (χ0v) is 18.0. The van der Waals surface area contributed by atoms with Gasteiger partial charge in [0.2, 0.25) is 6.29 Å². The topological polar surface area (TPSA) is 113 Å². The Labute approximate surface area is 175 Å². The quantitative estimate of drug-likeness (QED) is 0.414. The largest absolute Gasteiger partial charge is 0.457 e. The van der Waals surface area contributed by atoms with Gasteiger partial charge in [-0.1, -0.05) is 30.3 Å². The number of carbonyl (C=O) groups is 3. The van der Waals surface area contributed by atoms with Gasteiger partial charge in [0.05, 0.1) is 0 Å². The highest BCUT2D eigenvalue weighted by Gasteiger charge is 2.51. The summed E-state index contributed by atoms with van der Waals surface area (Å²) in [5.41, 5.74) is 0.901. The molecule has 1 aromatic rings. The predicted octanol–water partition coefficient (Wildman–Crippen LogP) is 1.69. The van der Waals surface area contributed by atoms with Crippen LogP contribution in [0.25, 0.3) is 0 Å². The van der Waals surface area contributed by atoms with E-state index in [2.05, 4.69) is 5.43 Å². The van der Waals surface area contributed by atoms with Gasteiger partial charge in [-0.25, -0.2) is 19.4 Å². The summed E-state index contributed by atoms with van der Waals surface area (Å²) in [5, 5.41) is 0.907. The number of methoxy groups -OCH3 is 2. The first-order chi connectivity index (χ1) is 14.0. The molecule has 10 heteroatoms. The maximum atomic E-state index is 12.7. The Balaban J connectivity index is 2.26. The number of cyclic esters (lactones) is 1. The van der Waals surface area contributed by atoms with Gasteiger partial charge in [-0.05, 0) is 27.7 Å². The Bertz CT molecular complexity index is 760. The van der Waals surface area contributed by atoms with Crippen molar-refractivity contribution in [1.82, 2.24) is 10.4 Å². The third kappa shape index (κ3) is 5.47. The number of esters is 2. The van der Waals surface area contributed by atoms with Crippen molar-refractivity contribution in [3.63, 3.8) is 0 Å². The molecular formula is C20H28N2O8. The highest BCUT2D eigenvalue weighted by molar-refractivity contribution is 5.82. The molecule has 2 rings (SSSR count). The normalized spacial score (nSPS) is 20.5. The van der Waals surface area contributed by atoms with Crippen LogP contribution >= 0.6 is 0 Å². The first-order valence-electron chi connectivity index (χ1n) is 9.34. The molecule has 0 bridgehead atoms. The Hall–Kier alpha value is -2.69. The van der Waals surface area contributed by atoms with Gasteiger partial charge in [-0.3, -0.25) is 0 Å². The average Bonchev–Trinajstić information content (AvgIpc) is 2.67. The van der Waals surface area contributed by atoms with E-state index in [9.17, 15) is 14.4 Å². The smallest absolute Gasteiger partial charge is 0.425 e. The van der Waals surface area contributed by atoms with Gasteiger partial charge in [-0.15, -0.1) is 0 Å². The summed E-state index contributed by atoms with van der Waals surface area (Å²) in [6.07, 6.45) is -3.25. The van der Waals surface area contributed by atoms with Crippen molar-refractivity contribution >= 4 is 18.0 Å². The second-order valence-electron chi connectivity index (χ2n) is 7.64. The summed E-state index contributed by atoms with van der Waals surface area (Å²) >= 11 is 0. The van der Waals surface area contributed by atoms with Crippen molar-refractivity contribution < 1.29 is 38.1 Å². The van der Waals surface area contributed by atoms with E-state index in [4.69, 9.17) is 23.7 Å². The van der Waals surface area contributed by atoms with Gasteiger partial charge in [0, 0.05) is 19.8 Å². The van der Waals surface area contributed by atoms with E-state index >= 15 is 0 Å². The molecule has 0 aliphatic carbocycles. The monoisotopic (exact) mass is 424 g/mol. The molecule has 0 spiro atoms. The highest BCUT2D eigenvalue weighted by Crippen LogP contribution is 2.32. The fourth-order valence-corrected chi connectivity index (χ4v) is 2.84.